The second-order valence-corrected chi connectivity index (χ2v) is 6.29. The van der Waals surface area contributed by atoms with E-state index in [-0.39, 0.29) is 5.91 Å². The molecule has 0 spiro atoms. The number of esters is 1. The zero-order chi connectivity index (χ0) is 19.9. The highest BCUT2D eigenvalue weighted by molar-refractivity contribution is 5.96. The second-order valence-electron chi connectivity index (χ2n) is 6.29. The minimum Gasteiger partial charge on any atom is -0.423 e. The molecule has 0 saturated heterocycles. The van der Waals surface area contributed by atoms with E-state index in [1.807, 2.05) is 44.2 Å². The van der Waals surface area contributed by atoms with E-state index in [2.05, 4.69) is 10.5 Å². The summed E-state index contributed by atoms with van der Waals surface area (Å²) in [6, 6.07) is 21.4. The average molecular weight is 372 g/mol. The van der Waals surface area contributed by atoms with E-state index in [1.54, 1.807) is 42.5 Å². The first-order chi connectivity index (χ1) is 13.5. The number of ether oxygens (including phenoxy) is 1. The van der Waals surface area contributed by atoms with Crippen molar-refractivity contribution >= 4 is 18.1 Å². The van der Waals surface area contributed by atoms with Crippen molar-refractivity contribution in [3.8, 4) is 5.75 Å². The van der Waals surface area contributed by atoms with Gasteiger partial charge in [0.15, 0.2) is 0 Å². The molecular formula is C23H20N2O3. The lowest BCUT2D eigenvalue weighted by Gasteiger charge is -2.06. The maximum absolute atomic E-state index is 12.2. The molecule has 0 aromatic heterocycles. The first kappa shape index (κ1) is 19.0. The van der Waals surface area contributed by atoms with E-state index in [4.69, 9.17) is 4.74 Å². The largest absolute Gasteiger partial charge is 0.423 e. The molecule has 0 bridgehead atoms. The summed E-state index contributed by atoms with van der Waals surface area (Å²) in [5, 5.41) is 3.98. The normalized spacial score (nSPS) is 10.6. The predicted molar refractivity (Wildman–Crippen MR) is 109 cm³/mol. The minimum atomic E-state index is -0.398. The van der Waals surface area contributed by atoms with Crippen molar-refractivity contribution in [1.82, 2.24) is 5.43 Å². The van der Waals surface area contributed by atoms with Gasteiger partial charge in [0.25, 0.3) is 5.91 Å². The van der Waals surface area contributed by atoms with Crippen molar-refractivity contribution in [3.63, 3.8) is 0 Å². The van der Waals surface area contributed by atoms with Crippen LogP contribution in [-0.2, 0) is 0 Å². The number of hydrogen-bond donors (Lipinski definition) is 1. The number of amides is 1. The summed E-state index contributed by atoms with van der Waals surface area (Å²) >= 11 is 0. The lowest BCUT2D eigenvalue weighted by molar-refractivity contribution is 0.0733. The molecule has 0 aliphatic rings. The number of carbonyl (C=O) groups is 2. The van der Waals surface area contributed by atoms with Crippen LogP contribution in [0.15, 0.2) is 77.9 Å². The molecule has 1 amide bonds. The summed E-state index contributed by atoms with van der Waals surface area (Å²) < 4.78 is 5.40. The van der Waals surface area contributed by atoms with Crippen molar-refractivity contribution in [2.75, 3.05) is 0 Å². The number of hydrogen-bond acceptors (Lipinski definition) is 4. The van der Waals surface area contributed by atoms with Crippen LogP contribution in [0.3, 0.4) is 0 Å². The summed E-state index contributed by atoms with van der Waals surface area (Å²) in [7, 11) is 0. The van der Waals surface area contributed by atoms with Crippen LogP contribution < -0.4 is 10.2 Å². The van der Waals surface area contributed by atoms with Gasteiger partial charge in [-0.2, -0.15) is 5.10 Å². The molecule has 28 heavy (non-hydrogen) atoms. The van der Waals surface area contributed by atoms with Gasteiger partial charge in [0, 0.05) is 5.56 Å². The molecule has 0 atom stereocenters. The van der Waals surface area contributed by atoms with E-state index in [9.17, 15) is 9.59 Å². The quantitative estimate of drug-likeness (QED) is 0.314. The molecule has 3 aromatic carbocycles. The number of hydrazone groups is 1. The first-order valence-electron chi connectivity index (χ1n) is 8.81. The Labute approximate surface area is 163 Å². The van der Waals surface area contributed by atoms with Crippen LogP contribution >= 0.6 is 0 Å². The van der Waals surface area contributed by atoms with Gasteiger partial charge in [0.2, 0.25) is 0 Å². The van der Waals surface area contributed by atoms with Gasteiger partial charge in [-0.05, 0) is 66.9 Å². The van der Waals surface area contributed by atoms with Gasteiger partial charge in [-0.25, -0.2) is 10.2 Å². The van der Waals surface area contributed by atoms with Crippen LogP contribution in [0.5, 0.6) is 5.75 Å². The van der Waals surface area contributed by atoms with Gasteiger partial charge < -0.3 is 4.74 Å². The zero-order valence-corrected chi connectivity index (χ0v) is 15.7. The number of benzene rings is 3. The Kier molecular flexibility index (Phi) is 5.97. The molecule has 3 aromatic rings. The van der Waals surface area contributed by atoms with E-state index in [0.717, 1.165) is 16.7 Å². The summed E-state index contributed by atoms with van der Waals surface area (Å²) in [5.41, 5.74) is 6.13. The highest BCUT2D eigenvalue weighted by Crippen LogP contribution is 2.15. The summed E-state index contributed by atoms with van der Waals surface area (Å²) in [6.07, 6.45) is 1.53. The van der Waals surface area contributed by atoms with Crippen molar-refractivity contribution in [3.05, 3.63) is 101 Å². The number of nitrogens with zero attached hydrogens (tertiary/aromatic N) is 1. The fourth-order valence-corrected chi connectivity index (χ4v) is 2.64. The van der Waals surface area contributed by atoms with Crippen molar-refractivity contribution in [2.24, 2.45) is 5.10 Å². The number of rotatable bonds is 5. The monoisotopic (exact) mass is 372 g/mol. The molecule has 5 nitrogen and oxygen atoms in total. The lowest BCUT2D eigenvalue weighted by Crippen LogP contribution is -2.18. The van der Waals surface area contributed by atoms with Crippen LogP contribution in [0, 0.1) is 13.8 Å². The van der Waals surface area contributed by atoms with Crippen LogP contribution in [0.25, 0.3) is 0 Å². The number of aryl methyl sites for hydroxylation is 2. The SMILES string of the molecule is Cc1ccccc1C(=O)N/N=C/c1ccc(OC(=O)c2ccccc2C)cc1. The third-order valence-electron chi connectivity index (χ3n) is 4.23. The summed E-state index contributed by atoms with van der Waals surface area (Å²) in [5.74, 6) is -0.225. The molecular weight excluding hydrogens is 352 g/mol. The predicted octanol–water partition coefficient (Wildman–Crippen LogP) is 4.29. The van der Waals surface area contributed by atoms with Gasteiger partial charge in [0.1, 0.15) is 5.75 Å². The summed E-state index contributed by atoms with van der Waals surface area (Å²) in [6.45, 7) is 3.73. The van der Waals surface area contributed by atoms with Gasteiger partial charge >= 0.3 is 5.97 Å². The second kappa shape index (κ2) is 8.77. The van der Waals surface area contributed by atoms with Gasteiger partial charge in [0.05, 0.1) is 11.8 Å². The van der Waals surface area contributed by atoms with Crippen molar-refractivity contribution < 1.29 is 14.3 Å². The molecule has 0 saturated carbocycles. The minimum absolute atomic E-state index is 0.266. The zero-order valence-electron chi connectivity index (χ0n) is 15.7. The summed E-state index contributed by atoms with van der Waals surface area (Å²) in [4.78, 5) is 24.3. The third kappa shape index (κ3) is 4.71. The molecule has 5 heteroatoms. The van der Waals surface area contributed by atoms with E-state index < -0.39 is 5.97 Å². The van der Waals surface area contributed by atoms with E-state index in [1.165, 1.54) is 6.21 Å². The fourth-order valence-electron chi connectivity index (χ4n) is 2.64. The molecule has 1 N–H and O–H groups in total. The van der Waals surface area contributed by atoms with Gasteiger partial charge in [-0.15, -0.1) is 0 Å². The van der Waals surface area contributed by atoms with E-state index in [0.29, 0.717) is 16.9 Å². The van der Waals surface area contributed by atoms with Gasteiger partial charge in [-0.1, -0.05) is 36.4 Å². The number of nitrogens with one attached hydrogen (secondary N) is 1. The Balaban J connectivity index is 1.59. The molecule has 3 rings (SSSR count). The lowest BCUT2D eigenvalue weighted by atomic mass is 10.1. The molecule has 0 radical (unpaired) electrons. The van der Waals surface area contributed by atoms with E-state index >= 15 is 0 Å². The maximum Gasteiger partial charge on any atom is 0.343 e. The topological polar surface area (TPSA) is 67.8 Å². The first-order valence-corrected chi connectivity index (χ1v) is 8.81. The Bertz CT molecular complexity index is 1020. The third-order valence-corrected chi connectivity index (χ3v) is 4.23. The Morgan fingerprint density at radius 3 is 2.00 bits per heavy atom. The standard InChI is InChI=1S/C23H20N2O3/c1-16-7-3-5-9-20(16)22(26)25-24-15-18-11-13-19(14-12-18)28-23(27)21-10-6-4-8-17(21)2/h3-15H,1-2H3,(H,25,26)/b24-15+. The molecule has 0 aliphatic carbocycles. The Hall–Kier alpha value is -3.73. The highest BCUT2D eigenvalue weighted by Gasteiger charge is 2.10. The maximum atomic E-state index is 12.2. The molecule has 0 unspecified atom stereocenters. The van der Waals surface area contributed by atoms with Crippen molar-refractivity contribution in [1.29, 1.82) is 0 Å². The van der Waals surface area contributed by atoms with Gasteiger partial charge in [-0.3, -0.25) is 4.79 Å². The Morgan fingerprint density at radius 2 is 1.39 bits per heavy atom. The van der Waals surface area contributed by atoms with Crippen molar-refractivity contribution in [2.45, 2.75) is 13.8 Å². The molecule has 0 fully saturated rings. The average Bonchev–Trinajstić information content (AvgIpc) is 2.70. The smallest absolute Gasteiger partial charge is 0.343 e. The molecule has 0 heterocycles. The van der Waals surface area contributed by atoms with Crippen LogP contribution in [0.2, 0.25) is 0 Å². The molecule has 140 valence electrons. The molecule has 0 aliphatic heterocycles. The van der Waals surface area contributed by atoms with Crippen LogP contribution in [0.1, 0.15) is 37.4 Å². The Morgan fingerprint density at radius 1 is 0.821 bits per heavy atom. The van der Waals surface area contributed by atoms with Crippen LogP contribution in [0.4, 0.5) is 0 Å². The highest BCUT2D eigenvalue weighted by atomic mass is 16.5. The number of carbonyl (C=O) groups excluding carboxylic acids is 2. The fraction of sp³-hybridized carbons (Fsp3) is 0.0870. The van der Waals surface area contributed by atoms with Crippen LogP contribution in [-0.4, -0.2) is 18.1 Å².